The first kappa shape index (κ1) is 16.8. The first-order chi connectivity index (χ1) is 11.0. The quantitative estimate of drug-likeness (QED) is 0.596. The fraction of sp³-hybridized carbons (Fsp3) is 0.188. The molecule has 0 heterocycles. The van der Waals surface area contributed by atoms with Crippen LogP contribution in [0.3, 0.4) is 0 Å². The number of carbonyl (C=O) groups is 1. The fourth-order valence-corrected chi connectivity index (χ4v) is 2.72. The van der Waals surface area contributed by atoms with Crippen LogP contribution in [0.5, 0.6) is 11.5 Å². The monoisotopic (exact) mass is 336 g/mol. The molecule has 2 aromatic carbocycles. The van der Waals surface area contributed by atoms with Crippen LogP contribution < -0.4 is 8.92 Å². The largest absolute Gasteiger partial charge is 0.497 e. The van der Waals surface area contributed by atoms with E-state index in [-0.39, 0.29) is 22.8 Å². The summed E-state index contributed by atoms with van der Waals surface area (Å²) >= 11 is 0. The summed E-state index contributed by atoms with van der Waals surface area (Å²) in [7, 11) is -2.53. The van der Waals surface area contributed by atoms with Crippen molar-refractivity contribution in [1.82, 2.24) is 0 Å². The molecule has 0 saturated heterocycles. The van der Waals surface area contributed by atoms with Crippen molar-refractivity contribution in [2.24, 2.45) is 0 Å². The molecule has 6 nitrogen and oxygen atoms in total. The molecule has 0 radical (unpaired) electrons. The molecule has 0 N–H and O–H groups in total. The van der Waals surface area contributed by atoms with Crippen molar-refractivity contribution in [2.45, 2.75) is 11.8 Å². The smallest absolute Gasteiger partial charge is 0.339 e. The Morgan fingerprint density at radius 1 is 1.04 bits per heavy atom. The minimum atomic E-state index is -4.00. The van der Waals surface area contributed by atoms with Crippen LogP contribution in [0, 0.1) is 0 Å². The Balaban J connectivity index is 2.20. The summed E-state index contributed by atoms with van der Waals surface area (Å²) in [6, 6.07) is 11.6. The van der Waals surface area contributed by atoms with Crippen LogP contribution in [0.15, 0.2) is 53.4 Å². The molecule has 0 saturated carbocycles. The van der Waals surface area contributed by atoms with Crippen LogP contribution in [0.4, 0.5) is 0 Å². The van der Waals surface area contributed by atoms with Crippen molar-refractivity contribution in [1.29, 1.82) is 0 Å². The maximum atomic E-state index is 12.2. The molecule has 7 heteroatoms. The lowest BCUT2D eigenvalue weighted by molar-refractivity contribution is 0.0526. The predicted molar refractivity (Wildman–Crippen MR) is 83.2 cm³/mol. The number of esters is 1. The fourth-order valence-electron chi connectivity index (χ4n) is 1.80. The van der Waals surface area contributed by atoms with Gasteiger partial charge in [-0.1, -0.05) is 6.07 Å². The van der Waals surface area contributed by atoms with Crippen molar-refractivity contribution >= 4 is 16.1 Å². The molecule has 2 aromatic rings. The van der Waals surface area contributed by atoms with E-state index in [4.69, 9.17) is 13.7 Å². The molecular weight excluding hydrogens is 320 g/mol. The van der Waals surface area contributed by atoms with Crippen molar-refractivity contribution in [3.63, 3.8) is 0 Å². The third-order valence-electron chi connectivity index (χ3n) is 2.90. The van der Waals surface area contributed by atoms with Gasteiger partial charge in [0, 0.05) is 6.07 Å². The molecule has 122 valence electrons. The van der Waals surface area contributed by atoms with Gasteiger partial charge in [-0.25, -0.2) is 4.79 Å². The van der Waals surface area contributed by atoms with Crippen molar-refractivity contribution < 1.29 is 26.9 Å². The van der Waals surface area contributed by atoms with Gasteiger partial charge in [-0.05, 0) is 43.3 Å². The third kappa shape index (κ3) is 4.23. The van der Waals surface area contributed by atoms with Crippen LogP contribution in [0.1, 0.15) is 17.3 Å². The maximum Gasteiger partial charge on any atom is 0.339 e. The van der Waals surface area contributed by atoms with E-state index in [2.05, 4.69) is 0 Å². The molecule has 0 aliphatic heterocycles. The predicted octanol–water partition coefficient (Wildman–Crippen LogP) is 2.64. The summed E-state index contributed by atoms with van der Waals surface area (Å²) in [5.41, 5.74) is 0.271. The Kier molecular flexibility index (Phi) is 5.23. The summed E-state index contributed by atoms with van der Waals surface area (Å²) < 4.78 is 39.4. The molecule has 0 aliphatic carbocycles. The number of hydrogen-bond acceptors (Lipinski definition) is 6. The number of methoxy groups -OCH3 is 1. The van der Waals surface area contributed by atoms with E-state index in [0.29, 0.717) is 5.75 Å². The number of hydrogen-bond donors (Lipinski definition) is 0. The van der Waals surface area contributed by atoms with Gasteiger partial charge < -0.3 is 13.7 Å². The molecule has 23 heavy (non-hydrogen) atoms. The lowest BCUT2D eigenvalue weighted by Gasteiger charge is -2.08. The second-order valence-electron chi connectivity index (χ2n) is 4.46. The molecule has 0 fully saturated rings. The van der Waals surface area contributed by atoms with Gasteiger partial charge in [0.1, 0.15) is 16.4 Å². The van der Waals surface area contributed by atoms with E-state index in [1.165, 1.54) is 43.5 Å². The van der Waals surface area contributed by atoms with E-state index in [1.807, 2.05) is 0 Å². The third-order valence-corrected chi connectivity index (χ3v) is 4.16. The number of carbonyl (C=O) groups excluding carboxylic acids is 1. The number of benzene rings is 2. The van der Waals surface area contributed by atoms with Crippen LogP contribution >= 0.6 is 0 Å². The maximum absolute atomic E-state index is 12.2. The summed E-state index contributed by atoms with van der Waals surface area (Å²) in [5.74, 6) is 0.111. The van der Waals surface area contributed by atoms with Gasteiger partial charge in [0.25, 0.3) is 0 Å². The summed E-state index contributed by atoms with van der Waals surface area (Å²) in [4.78, 5) is 11.5. The van der Waals surface area contributed by atoms with E-state index in [9.17, 15) is 13.2 Å². The van der Waals surface area contributed by atoms with Crippen molar-refractivity contribution in [2.75, 3.05) is 13.7 Å². The summed E-state index contributed by atoms with van der Waals surface area (Å²) in [6.07, 6.45) is 0. The van der Waals surface area contributed by atoms with Gasteiger partial charge >= 0.3 is 16.1 Å². The van der Waals surface area contributed by atoms with E-state index in [0.717, 1.165) is 0 Å². The van der Waals surface area contributed by atoms with Gasteiger partial charge in [0.15, 0.2) is 0 Å². The Morgan fingerprint density at radius 2 is 1.70 bits per heavy atom. The lowest BCUT2D eigenvalue weighted by Crippen LogP contribution is -2.10. The number of ether oxygens (including phenoxy) is 2. The Morgan fingerprint density at radius 3 is 2.30 bits per heavy atom. The Bertz CT molecular complexity index is 780. The summed E-state index contributed by atoms with van der Waals surface area (Å²) in [5, 5.41) is 0. The second-order valence-corrected chi connectivity index (χ2v) is 6.01. The van der Waals surface area contributed by atoms with E-state index < -0.39 is 16.1 Å². The molecule has 0 aromatic heterocycles. The summed E-state index contributed by atoms with van der Waals surface area (Å²) in [6.45, 7) is 1.94. The van der Waals surface area contributed by atoms with Gasteiger partial charge in [0.2, 0.25) is 0 Å². The Labute approximate surface area is 134 Å². The highest BCUT2D eigenvalue weighted by atomic mass is 32.2. The van der Waals surface area contributed by atoms with Crippen molar-refractivity contribution in [3.8, 4) is 11.5 Å². The second kappa shape index (κ2) is 7.15. The zero-order valence-electron chi connectivity index (χ0n) is 12.7. The topological polar surface area (TPSA) is 78.9 Å². The zero-order chi connectivity index (χ0) is 16.9. The lowest BCUT2D eigenvalue weighted by atomic mass is 10.2. The van der Waals surface area contributed by atoms with Gasteiger partial charge in [0.05, 0.1) is 19.3 Å². The number of rotatable bonds is 6. The molecule has 0 atom stereocenters. The minimum absolute atomic E-state index is 0.0617. The normalized spacial score (nSPS) is 10.9. The average Bonchev–Trinajstić information content (AvgIpc) is 2.55. The van der Waals surface area contributed by atoms with Gasteiger partial charge in [-0.3, -0.25) is 0 Å². The van der Waals surface area contributed by atoms with E-state index >= 15 is 0 Å². The molecule has 2 rings (SSSR count). The highest BCUT2D eigenvalue weighted by Gasteiger charge is 2.18. The standard InChI is InChI=1S/C16H16O6S/c1-3-21-16(17)12-7-9-15(10-8-12)23(18,19)22-14-6-4-5-13(11-14)20-2/h4-11H,3H2,1-2H3. The average molecular weight is 336 g/mol. The highest BCUT2D eigenvalue weighted by molar-refractivity contribution is 7.87. The molecular formula is C16H16O6S. The van der Waals surface area contributed by atoms with Crippen LogP contribution in [0.25, 0.3) is 0 Å². The molecule has 0 unspecified atom stereocenters. The molecule has 0 amide bonds. The van der Waals surface area contributed by atoms with E-state index in [1.54, 1.807) is 19.1 Å². The van der Waals surface area contributed by atoms with Gasteiger partial charge in [-0.15, -0.1) is 0 Å². The molecule has 0 aliphatic rings. The zero-order valence-corrected chi connectivity index (χ0v) is 13.5. The first-order valence-electron chi connectivity index (χ1n) is 6.82. The minimum Gasteiger partial charge on any atom is -0.497 e. The van der Waals surface area contributed by atoms with Gasteiger partial charge in [-0.2, -0.15) is 8.42 Å². The van der Waals surface area contributed by atoms with Crippen LogP contribution in [-0.4, -0.2) is 28.1 Å². The highest BCUT2D eigenvalue weighted by Crippen LogP contribution is 2.23. The molecule has 0 bridgehead atoms. The Hall–Kier alpha value is -2.54. The SMILES string of the molecule is CCOC(=O)c1ccc(S(=O)(=O)Oc2cccc(OC)c2)cc1. The van der Waals surface area contributed by atoms with Crippen LogP contribution in [-0.2, 0) is 14.9 Å². The van der Waals surface area contributed by atoms with Crippen molar-refractivity contribution in [3.05, 3.63) is 54.1 Å². The molecule has 0 spiro atoms. The first-order valence-corrected chi connectivity index (χ1v) is 8.23. The van der Waals surface area contributed by atoms with Crippen LogP contribution in [0.2, 0.25) is 0 Å².